The molecule has 26 heavy (non-hydrogen) atoms. The van der Waals surface area contributed by atoms with E-state index in [4.69, 9.17) is 9.31 Å². The fraction of sp³-hybridized carbons (Fsp3) is 0.500. The van der Waals surface area contributed by atoms with Crippen LogP contribution < -0.4 is 10.1 Å². The van der Waals surface area contributed by atoms with E-state index in [2.05, 4.69) is 10.1 Å². The molecule has 1 amide bonds. The molecule has 0 atom stereocenters. The van der Waals surface area contributed by atoms with Crippen LogP contribution in [-0.2, 0) is 14.1 Å². The normalized spacial score (nSPS) is 18.9. The summed E-state index contributed by atoms with van der Waals surface area (Å²) in [5.41, 5.74) is 0.243. The predicted molar refractivity (Wildman–Crippen MR) is 95.8 cm³/mol. The Morgan fingerprint density at radius 3 is 2.42 bits per heavy atom. The summed E-state index contributed by atoms with van der Waals surface area (Å²) < 4.78 is 41.3. The maximum absolute atomic E-state index is 12.4. The van der Waals surface area contributed by atoms with Gasteiger partial charge in [-0.2, -0.15) is 8.78 Å². The second-order valence-corrected chi connectivity index (χ2v) is 7.17. The second kappa shape index (κ2) is 7.76. The van der Waals surface area contributed by atoms with Crippen molar-refractivity contribution in [2.24, 2.45) is 0 Å². The van der Waals surface area contributed by atoms with E-state index in [9.17, 15) is 13.6 Å². The quantitative estimate of drug-likeness (QED) is 0.783. The van der Waals surface area contributed by atoms with Crippen molar-refractivity contribution in [3.8, 4) is 5.75 Å². The van der Waals surface area contributed by atoms with E-state index in [1.165, 1.54) is 19.1 Å². The summed E-state index contributed by atoms with van der Waals surface area (Å²) in [4.78, 5) is 11.3. The Balaban J connectivity index is 2.30. The van der Waals surface area contributed by atoms with Gasteiger partial charge in [0.1, 0.15) is 5.75 Å². The molecule has 0 bridgehead atoms. The predicted octanol–water partition coefficient (Wildman–Crippen LogP) is 3.44. The number of amides is 1. The number of ether oxygens (including phenoxy) is 1. The minimum atomic E-state index is -2.89. The van der Waals surface area contributed by atoms with Crippen LogP contribution in [0.1, 0.15) is 40.2 Å². The number of halogens is 2. The van der Waals surface area contributed by atoms with E-state index < -0.39 is 24.9 Å². The third-order valence-electron chi connectivity index (χ3n) is 4.53. The topological polar surface area (TPSA) is 56.8 Å². The molecule has 1 aliphatic heterocycles. The molecule has 5 nitrogen and oxygen atoms in total. The molecule has 0 spiro atoms. The van der Waals surface area contributed by atoms with Crippen LogP contribution in [0.15, 0.2) is 29.7 Å². The van der Waals surface area contributed by atoms with Gasteiger partial charge in [0.25, 0.3) is 0 Å². The van der Waals surface area contributed by atoms with E-state index in [1.807, 2.05) is 27.7 Å². The first-order valence-corrected chi connectivity index (χ1v) is 8.35. The van der Waals surface area contributed by atoms with Crippen LogP contribution in [0.3, 0.4) is 0 Å². The highest BCUT2D eigenvalue weighted by atomic mass is 19.3. The van der Waals surface area contributed by atoms with Crippen molar-refractivity contribution in [3.63, 3.8) is 0 Å². The monoisotopic (exact) mass is 367 g/mol. The average molecular weight is 367 g/mol. The number of nitrogens with one attached hydrogen (secondary N) is 1. The Labute approximate surface area is 152 Å². The summed E-state index contributed by atoms with van der Waals surface area (Å²) in [5, 5.41) is 2.73. The van der Waals surface area contributed by atoms with Gasteiger partial charge in [-0.25, -0.2) is 0 Å². The zero-order chi connectivity index (χ0) is 19.5. The molecular weight excluding hydrogens is 343 g/mol. The van der Waals surface area contributed by atoms with Crippen molar-refractivity contribution < 1.29 is 27.6 Å². The zero-order valence-corrected chi connectivity index (χ0v) is 15.6. The number of rotatable bonds is 6. The smallest absolute Gasteiger partial charge is 0.435 e. The molecular formula is C18H24BF2NO4. The molecule has 142 valence electrons. The van der Waals surface area contributed by atoms with E-state index >= 15 is 0 Å². The van der Waals surface area contributed by atoms with Crippen molar-refractivity contribution in [2.75, 3.05) is 6.54 Å². The van der Waals surface area contributed by atoms with Gasteiger partial charge in [0, 0.05) is 13.5 Å². The third-order valence-corrected chi connectivity index (χ3v) is 4.53. The average Bonchev–Trinajstić information content (AvgIpc) is 2.71. The van der Waals surface area contributed by atoms with Gasteiger partial charge in [-0.1, -0.05) is 18.2 Å². The highest BCUT2D eigenvalue weighted by Gasteiger charge is 2.52. The minimum Gasteiger partial charge on any atom is -0.435 e. The van der Waals surface area contributed by atoms with Crippen LogP contribution in [0.25, 0.3) is 6.08 Å². The first-order chi connectivity index (χ1) is 12.0. The fourth-order valence-electron chi connectivity index (χ4n) is 2.42. The highest BCUT2D eigenvalue weighted by molar-refractivity contribution is 6.56. The number of hydrogen-bond acceptors (Lipinski definition) is 4. The summed E-state index contributed by atoms with van der Waals surface area (Å²) >= 11 is 0. The lowest BCUT2D eigenvalue weighted by Gasteiger charge is -2.32. The molecule has 1 aromatic rings. The number of alkyl halides is 2. The molecule has 0 aliphatic carbocycles. The van der Waals surface area contributed by atoms with Crippen LogP contribution in [0, 0.1) is 0 Å². The molecule has 1 aliphatic rings. The Kier molecular flexibility index (Phi) is 6.08. The van der Waals surface area contributed by atoms with Gasteiger partial charge in [0.15, 0.2) is 0 Å². The molecule has 1 fully saturated rings. The molecule has 1 N–H and O–H groups in total. The lowest BCUT2D eigenvalue weighted by atomic mass is 9.77. The van der Waals surface area contributed by atoms with E-state index in [0.717, 1.165) is 0 Å². The minimum absolute atomic E-state index is 0.0570. The number of carbonyl (C=O) groups excluding carboxylic acids is 1. The van der Waals surface area contributed by atoms with Gasteiger partial charge in [-0.15, -0.1) is 0 Å². The Morgan fingerprint density at radius 1 is 1.27 bits per heavy atom. The SMILES string of the molecule is CC(=O)NCC(=Cc1cccc(OC(F)F)c1)B1OC(C)(C)C(C)(C)O1. The Bertz CT molecular complexity index is 676. The number of hydrogen-bond donors (Lipinski definition) is 1. The molecule has 1 saturated heterocycles. The fourth-order valence-corrected chi connectivity index (χ4v) is 2.42. The standard InChI is InChI=1S/C18H24BF2NO4/c1-12(23)22-11-14(19-25-17(2,3)18(4,5)26-19)9-13-7-6-8-15(10-13)24-16(20)21/h6-10,16H,11H2,1-5H3,(H,22,23). The van der Waals surface area contributed by atoms with Crippen molar-refractivity contribution in [3.05, 3.63) is 35.3 Å². The summed E-state index contributed by atoms with van der Waals surface area (Å²) in [7, 11) is -0.661. The molecule has 0 radical (unpaired) electrons. The third kappa shape index (κ3) is 5.05. The molecule has 1 heterocycles. The first-order valence-electron chi connectivity index (χ1n) is 8.35. The first kappa shape index (κ1) is 20.4. The van der Waals surface area contributed by atoms with Gasteiger partial charge < -0.3 is 19.4 Å². The van der Waals surface area contributed by atoms with Gasteiger partial charge >= 0.3 is 13.7 Å². The van der Waals surface area contributed by atoms with E-state index in [0.29, 0.717) is 11.0 Å². The van der Waals surface area contributed by atoms with Crippen molar-refractivity contribution in [2.45, 2.75) is 52.4 Å². The highest BCUT2D eigenvalue weighted by Crippen LogP contribution is 2.38. The van der Waals surface area contributed by atoms with Crippen LogP contribution in [0.5, 0.6) is 5.75 Å². The van der Waals surface area contributed by atoms with Gasteiger partial charge in [-0.3, -0.25) is 4.79 Å². The Morgan fingerprint density at radius 2 is 1.88 bits per heavy atom. The number of benzene rings is 1. The molecule has 2 rings (SSSR count). The van der Waals surface area contributed by atoms with Crippen LogP contribution in [0.4, 0.5) is 8.78 Å². The van der Waals surface area contributed by atoms with Gasteiger partial charge in [0.2, 0.25) is 5.91 Å². The summed E-state index contributed by atoms with van der Waals surface area (Å²) in [5.74, 6) is -0.135. The van der Waals surface area contributed by atoms with E-state index in [1.54, 1.807) is 18.2 Å². The molecule has 0 aromatic heterocycles. The lowest BCUT2D eigenvalue weighted by Crippen LogP contribution is -2.41. The molecule has 1 aromatic carbocycles. The second-order valence-electron chi connectivity index (χ2n) is 7.17. The maximum atomic E-state index is 12.4. The van der Waals surface area contributed by atoms with Crippen LogP contribution >= 0.6 is 0 Å². The summed E-state index contributed by atoms with van der Waals surface area (Å²) in [6, 6.07) is 6.30. The van der Waals surface area contributed by atoms with E-state index in [-0.39, 0.29) is 18.2 Å². The molecule has 0 saturated carbocycles. The summed E-state index contributed by atoms with van der Waals surface area (Å²) in [6.45, 7) is 6.46. The zero-order valence-electron chi connectivity index (χ0n) is 15.6. The van der Waals surface area contributed by atoms with Gasteiger partial charge in [-0.05, 0) is 50.9 Å². The lowest BCUT2D eigenvalue weighted by molar-refractivity contribution is -0.118. The largest absolute Gasteiger partial charge is 0.492 e. The Hall–Kier alpha value is -1.93. The van der Waals surface area contributed by atoms with Crippen molar-refractivity contribution in [1.82, 2.24) is 5.32 Å². The van der Waals surface area contributed by atoms with Gasteiger partial charge in [0.05, 0.1) is 11.2 Å². The number of carbonyl (C=O) groups is 1. The molecule has 8 heteroatoms. The molecule has 0 unspecified atom stereocenters. The van der Waals surface area contributed by atoms with Crippen molar-refractivity contribution in [1.29, 1.82) is 0 Å². The maximum Gasteiger partial charge on any atom is 0.492 e. The van der Waals surface area contributed by atoms with Crippen molar-refractivity contribution >= 4 is 19.1 Å². The van der Waals surface area contributed by atoms with Crippen LogP contribution in [0.2, 0.25) is 0 Å². The van der Waals surface area contributed by atoms with Crippen LogP contribution in [-0.4, -0.2) is 37.4 Å². The summed E-state index contributed by atoms with van der Waals surface area (Å²) in [6.07, 6.45) is 1.75.